The molecule has 1 N–H and O–H groups in total. The lowest BCUT2D eigenvalue weighted by Crippen LogP contribution is -2.27. The molecule has 0 saturated carbocycles. The first-order chi connectivity index (χ1) is 12.8. The summed E-state index contributed by atoms with van der Waals surface area (Å²) in [5.74, 6) is -0.400. The largest absolute Gasteiger partial charge is 0.373 e. The lowest BCUT2D eigenvalue weighted by Gasteiger charge is -2.18. The van der Waals surface area contributed by atoms with Crippen molar-refractivity contribution in [1.29, 1.82) is 0 Å². The van der Waals surface area contributed by atoms with E-state index in [0.717, 1.165) is 18.9 Å². The normalized spacial score (nSPS) is 16.2. The summed E-state index contributed by atoms with van der Waals surface area (Å²) in [6.07, 6.45) is 1.57. The number of nitrogens with zero attached hydrogens (tertiary/aromatic N) is 2. The predicted octanol–water partition coefficient (Wildman–Crippen LogP) is 3.69. The van der Waals surface area contributed by atoms with Gasteiger partial charge in [0.05, 0.1) is 9.82 Å². The van der Waals surface area contributed by atoms with Crippen LogP contribution in [0, 0.1) is 15.9 Å². The second-order valence-corrected chi connectivity index (χ2v) is 8.41. The number of hydrogen-bond donors (Lipinski definition) is 1. The number of sulfonamides is 1. The Morgan fingerprint density at radius 2 is 1.89 bits per heavy atom. The van der Waals surface area contributed by atoms with Crippen LogP contribution in [-0.2, 0) is 10.0 Å². The van der Waals surface area contributed by atoms with Gasteiger partial charge in [0.1, 0.15) is 11.5 Å². The highest BCUT2D eigenvalue weighted by Crippen LogP contribution is 2.32. The second-order valence-electron chi connectivity index (χ2n) is 6.47. The Morgan fingerprint density at radius 1 is 1.19 bits per heavy atom. The molecule has 144 valence electrons. The van der Waals surface area contributed by atoms with Crippen molar-refractivity contribution >= 4 is 21.4 Å². The zero-order chi connectivity index (χ0) is 19.6. The molecule has 1 aliphatic heterocycles. The van der Waals surface area contributed by atoms with E-state index in [-0.39, 0.29) is 16.3 Å². The zero-order valence-corrected chi connectivity index (χ0v) is 15.6. The third-order valence-electron chi connectivity index (χ3n) is 4.59. The molecule has 7 nitrogen and oxygen atoms in total. The van der Waals surface area contributed by atoms with Crippen LogP contribution in [0.4, 0.5) is 15.8 Å². The molecule has 0 aromatic heterocycles. The number of benzene rings is 2. The van der Waals surface area contributed by atoms with E-state index in [1.807, 2.05) is 0 Å². The Hall–Kier alpha value is -2.52. The summed E-state index contributed by atoms with van der Waals surface area (Å²) >= 11 is 0. The number of halogens is 1. The predicted molar refractivity (Wildman–Crippen MR) is 99.5 cm³/mol. The molecule has 3 rings (SSSR count). The van der Waals surface area contributed by atoms with Crippen LogP contribution in [0.2, 0.25) is 0 Å². The standard InChI is InChI=1S/C18H20FN3O4S/c1-13(14-5-4-6-15(19)11-14)20-17-8-7-16(12-18(17)22(23)24)27(25,26)21-9-2-3-10-21/h4-8,11-13,20H,2-3,9-10H2,1H3. The van der Waals surface area contributed by atoms with Crippen LogP contribution in [0.3, 0.4) is 0 Å². The molecule has 1 saturated heterocycles. The molecular weight excluding hydrogens is 373 g/mol. The van der Waals surface area contributed by atoms with Gasteiger partial charge in [-0.2, -0.15) is 4.31 Å². The molecule has 1 unspecified atom stereocenters. The van der Waals surface area contributed by atoms with Gasteiger partial charge in [0.25, 0.3) is 5.69 Å². The highest BCUT2D eigenvalue weighted by Gasteiger charge is 2.29. The number of nitro groups is 1. The summed E-state index contributed by atoms with van der Waals surface area (Å²) in [6, 6.07) is 9.35. The van der Waals surface area contributed by atoms with Gasteiger partial charge < -0.3 is 5.32 Å². The summed E-state index contributed by atoms with van der Waals surface area (Å²) in [5.41, 5.74) is 0.466. The average Bonchev–Trinajstić information content (AvgIpc) is 3.17. The summed E-state index contributed by atoms with van der Waals surface area (Å²) in [7, 11) is -3.75. The Kier molecular flexibility index (Phi) is 5.43. The van der Waals surface area contributed by atoms with Crippen molar-refractivity contribution in [2.75, 3.05) is 18.4 Å². The Bertz CT molecular complexity index is 959. The smallest absolute Gasteiger partial charge is 0.293 e. The van der Waals surface area contributed by atoms with Gasteiger partial charge in [0, 0.05) is 25.2 Å². The number of nitrogens with one attached hydrogen (secondary N) is 1. The first-order valence-electron chi connectivity index (χ1n) is 8.59. The molecule has 0 amide bonds. The quantitative estimate of drug-likeness (QED) is 0.597. The molecule has 2 aromatic carbocycles. The second kappa shape index (κ2) is 7.61. The lowest BCUT2D eigenvalue weighted by atomic mass is 10.1. The van der Waals surface area contributed by atoms with Crippen molar-refractivity contribution in [2.45, 2.75) is 30.7 Å². The Labute approximate surface area is 157 Å². The van der Waals surface area contributed by atoms with E-state index < -0.39 is 26.8 Å². The maximum absolute atomic E-state index is 13.4. The first kappa shape index (κ1) is 19.2. The first-order valence-corrected chi connectivity index (χ1v) is 10.0. The lowest BCUT2D eigenvalue weighted by molar-refractivity contribution is -0.384. The van der Waals surface area contributed by atoms with Crippen molar-refractivity contribution < 1.29 is 17.7 Å². The molecule has 0 aliphatic carbocycles. The van der Waals surface area contributed by atoms with Crippen molar-refractivity contribution in [3.8, 4) is 0 Å². The summed E-state index contributed by atoms with van der Waals surface area (Å²) in [6.45, 7) is 2.59. The van der Waals surface area contributed by atoms with Crippen molar-refractivity contribution in [3.05, 3.63) is 64.0 Å². The van der Waals surface area contributed by atoms with Crippen LogP contribution >= 0.6 is 0 Å². The molecule has 1 aliphatic rings. The fourth-order valence-electron chi connectivity index (χ4n) is 3.12. The van der Waals surface area contributed by atoms with E-state index in [2.05, 4.69) is 5.32 Å². The zero-order valence-electron chi connectivity index (χ0n) is 14.8. The molecule has 2 aromatic rings. The monoisotopic (exact) mass is 393 g/mol. The Balaban J connectivity index is 1.91. The van der Waals surface area contributed by atoms with E-state index in [4.69, 9.17) is 0 Å². The minimum absolute atomic E-state index is 0.0972. The van der Waals surface area contributed by atoms with Gasteiger partial charge in [0.15, 0.2) is 0 Å². The van der Waals surface area contributed by atoms with Crippen LogP contribution in [0.1, 0.15) is 31.4 Å². The topological polar surface area (TPSA) is 92.6 Å². The molecular formula is C18H20FN3O4S. The third kappa shape index (κ3) is 4.09. The van der Waals surface area contributed by atoms with E-state index in [1.54, 1.807) is 19.1 Å². The van der Waals surface area contributed by atoms with Crippen molar-refractivity contribution in [1.82, 2.24) is 4.31 Å². The molecule has 1 heterocycles. The van der Waals surface area contributed by atoms with Crippen LogP contribution in [0.5, 0.6) is 0 Å². The SMILES string of the molecule is CC(Nc1ccc(S(=O)(=O)N2CCCC2)cc1[N+](=O)[O-])c1cccc(F)c1. The Morgan fingerprint density at radius 3 is 2.52 bits per heavy atom. The highest BCUT2D eigenvalue weighted by atomic mass is 32.2. The van der Waals surface area contributed by atoms with E-state index in [1.165, 1.54) is 28.6 Å². The maximum atomic E-state index is 13.4. The fraction of sp³-hybridized carbons (Fsp3) is 0.333. The number of rotatable bonds is 6. The van der Waals surface area contributed by atoms with Gasteiger partial charge in [-0.25, -0.2) is 12.8 Å². The van der Waals surface area contributed by atoms with Crippen LogP contribution in [0.15, 0.2) is 47.4 Å². The highest BCUT2D eigenvalue weighted by molar-refractivity contribution is 7.89. The molecule has 1 atom stereocenters. The maximum Gasteiger partial charge on any atom is 0.293 e. The summed E-state index contributed by atoms with van der Waals surface area (Å²) in [5, 5.41) is 14.5. The number of anilines is 1. The summed E-state index contributed by atoms with van der Waals surface area (Å²) < 4.78 is 40.0. The van der Waals surface area contributed by atoms with E-state index >= 15 is 0 Å². The van der Waals surface area contributed by atoms with Crippen LogP contribution in [-0.4, -0.2) is 30.7 Å². The third-order valence-corrected chi connectivity index (χ3v) is 6.48. The van der Waals surface area contributed by atoms with Crippen molar-refractivity contribution in [2.24, 2.45) is 0 Å². The van der Waals surface area contributed by atoms with Gasteiger partial charge in [-0.3, -0.25) is 10.1 Å². The molecule has 0 spiro atoms. The molecule has 0 radical (unpaired) electrons. The van der Waals surface area contributed by atoms with Gasteiger partial charge in [-0.05, 0) is 49.6 Å². The van der Waals surface area contributed by atoms with Gasteiger partial charge in [0.2, 0.25) is 10.0 Å². The fourth-order valence-corrected chi connectivity index (χ4v) is 4.65. The van der Waals surface area contributed by atoms with E-state index in [9.17, 15) is 22.9 Å². The van der Waals surface area contributed by atoms with Gasteiger partial charge >= 0.3 is 0 Å². The minimum Gasteiger partial charge on any atom is -0.373 e. The number of nitro benzene ring substituents is 1. The molecule has 1 fully saturated rings. The van der Waals surface area contributed by atoms with Gasteiger partial charge in [-0.1, -0.05) is 12.1 Å². The molecule has 27 heavy (non-hydrogen) atoms. The van der Waals surface area contributed by atoms with Crippen LogP contribution < -0.4 is 5.32 Å². The van der Waals surface area contributed by atoms with E-state index in [0.29, 0.717) is 18.7 Å². The minimum atomic E-state index is -3.75. The van der Waals surface area contributed by atoms with Gasteiger partial charge in [-0.15, -0.1) is 0 Å². The summed E-state index contributed by atoms with van der Waals surface area (Å²) in [4.78, 5) is 10.8. The average molecular weight is 393 g/mol. The molecule has 9 heteroatoms. The number of hydrogen-bond acceptors (Lipinski definition) is 5. The van der Waals surface area contributed by atoms with Crippen LogP contribution in [0.25, 0.3) is 0 Å². The molecule has 0 bridgehead atoms. The van der Waals surface area contributed by atoms with Crippen molar-refractivity contribution in [3.63, 3.8) is 0 Å².